The summed E-state index contributed by atoms with van der Waals surface area (Å²) in [6, 6.07) is 0. The number of allylic oxidation sites excluding steroid dienone is 3. The van der Waals surface area contributed by atoms with E-state index in [1.165, 1.54) is 11.1 Å². The maximum absolute atomic E-state index is 3.68. The van der Waals surface area contributed by atoms with Gasteiger partial charge in [0, 0.05) is 6.20 Å². The largest absolute Gasteiger partial charge is 0.273 e. The second kappa shape index (κ2) is 5.90. The second-order valence-electron chi connectivity index (χ2n) is 2.51. The molecule has 0 aromatic rings. The molecule has 0 aromatic heterocycles. The standard InChI is InChI=1S/C10H17N/c1-5-9(3)10(6-2)7-8-11-4/h7-8H,4-6H2,1-3H3/b8-7-,10-9+. The molecule has 11 heavy (non-hydrogen) atoms. The first-order valence-corrected chi connectivity index (χ1v) is 4.07. The molecule has 0 aliphatic carbocycles. The van der Waals surface area contributed by atoms with Crippen LogP contribution in [0.4, 0.5) is 0 Å². The van der Waals surface area contributed by atoms with Gasteiger partial charge in [-0.15, -0.1) is 0 Å². The third kappa shape index (κ3) is 3.76. The van der Waals surface area contributed by atoms with E-state index < -0.39 is 0 Å². The molecular formula is C10H17N. The number of nitrogens with zero attached hydrogens (tertiary/aromatic N) is 1. The Morgan fingerprint density at radius 1 is 1.36 bits per heavy atom. The maximum atomic E-state index is 3.68. The van der Waals surface area contributed by atoms with Crippen LogP contribution in [-0.4, -0.2) is 6.72 Å². The first-order chi connectivity index (χ1) is 5.26. The fraction of sp³-hybridized carbons (Fsp3) is 0.500. The van der Waals surface area contributed by atoms with Gasteiger partial charge in [0.25, 0.3) is 0 Å². The fourth-order valence-electron chi connectivity index (χ4n) is 0.932. The normalized spacial score (nSPS) is 13.4. The van der Waals surface area contributed by atoms with Gasteiger partial charge in [-0.25, -0.2) is 0 Å². The van der Waals surface area contributed by atoms with Crippen molar-refractivity contribution in [1.29, 1.82) is 0 Å². The highest BCUT2D eigenvalue weighted by Gasteiger charge is 1.92. The number of aliphatic imine (C=N–C) groups is 1. The molecule has 0 aliphatic rings. The first-order valence-electron chi connectivity index (χ1n) is 4.07. The monoisotopic (exact) mass is 151 g/mol. The zero-order valence-corrected chi connectivity index (χ0v) is 7.72. The van der Waals surface area contributed by atoms with E-state index in [-0.39, 0.29) is 0 Å². The molecule has 0 aliphatic heterocycles. The highest BCUT2D eigenvalue weighted by atomic mass is 14.6. The Morgan fingerprint density at radius 3 is 2.36 bits per heavy atom. The van der Waals surface area contributed by atoms with Gasteiger partial charge in [0.15, 0.2) is 0 Å². The highest BCUT2D eigenvalue weighted by Crippen LogP contribution is 2.12. The van der Waals surface area contributed by atoms with Gasteiger partial charge in [0.1, 0.15) is 0 Å². The number of rotatable bonds is 4. The molecule has 0 saturated heterocycles. The van der Waals surface area contributed by atoms with Crippen molar-refractivity contribution in [3.8, 4) is 0 Å². The van der Waals surface area contributed by atoms with E-state index in [0.29, 0.717) is 0 Å². The molecule has 0 atom stereocenters. The summed E-state index contributed by atoms with van der Waals surface area (Å²) in [5.74, 6) is 0. The van der Waals surface area contributed by atoms with Gasteiger partial charge in [-0.3, -0.25) is 4.99 Å². The molecular weight excluding hydrogens is 134 g/mol. The molecule has 0 N–H and O–H groups in total. The van der Waals surface area contributed by atoms with E-state index in [2.05, 4.69) is 32.5 Å². The summed E-state index contributed by atoms with van der Waals surface area (Å²) < 4.78 is 0. The lowest BCUT2D eigenvalue weighted by Gasteiger charge is -2.01. The molecule has 0 heterocycles. The molecule has 0 unspecified atom stereocenters. The summed E-state index contributed by atoms with van der Waals surface area (Å²) in [5, 5.41) is 0. The maximum Gasteiger partial charge on any atom is 0.0263 e. The summed E-state index contributed by atoms with van der Waals surface area (Å²) in [5.41, 5.74) is 2.81. The summed E-state index contributed by atoms with van der Waals surface area (Å²) in [6.45, 7) is 9.87. The minimum Gasteiger partial charge on any atom is -0.273 e. The third-order valence-corrected chi connectivity index (χ3v) is 1.84. The minimum absolute atomic E-state index is 1.08. The van der Waals surface area contributed by atoms with Gasteiger partial charge in [-0.1, -0.05) is 19.4 Å². The van der Waals surface area contributed by atoms with Crippen LogP contribution in [0.5, 0.6) is 0 Å². The lowest BCUT2D eigenvalue weighted by molar-refractivity contribution is 1.01. The smallest absolute Gasteiger partial charge is 0.0263 e. The Bertz CT molecular complexity index is 175. The van der Waals surface area contributed by atoms with Crippen LogP contribution in [0.1, 0.15) is 33.6 Å². The van der Waals surface area contributed by atoms with Gasteiger partial charge in [-0.2, -0.15) is 0 Å². The van der Waals surface area contributed by atoms with Crippen LogP contribution in [0.25, 0.3) is 0 Å². The van der Waals surface area contributed by atoms with E-state index in [1.54, 1.807) is 6.20 Å². The molecule has 0 amide bonds. The van der Waals surface area contributed by atoms with Crippen LogP contribution in [0, 0.1) is 0 Å². The van der Waals surface area contributed by atoms with Crippen LogP contribution in [0.3, 0.4) is 0 Å². The topological polar surface area (TPSA) is 12.4 Å². The van der Waals surface area contributed by atoms with Crippen LogP contribution in [-0.2, 0) is 0 Å². The van der Waals surface area contributed by atoms with Gasteiger partial charge >= 0.3 is 0 Å². The molecule has 0 radical (unpaired) electrons. The van der Waals surface area contributed by atoms with Crippen molar-refractivity contribution in [2.24, 2.45) is 4.99 Å². The lowest BCUT2D eigenvalue weighted by atomic mass is 10.1. The molecule has 0 bridgehead atoms. The predicted octanol–water partition coefficient (Wildman–Crippen LogP) is 3.34. The number of hydrogen-bond donors (Lipinski definition) is 0. The summed E-state index contributed by atoms with van der Waals surface area (Å²) >= 11 is 0. The molecule has 62 valence electrons. The predicted molar refractivity (Wildman–Crippen MR) is 52.0 cm³/mol. The molecule has 1 nitrogen and oxygen atoms in total. The van der Waals surface area contributed by atoms with Crippen LogP contribution < -0.4 is 0 Å². The molecule has 0 aromatic carbocycles. The van der Waals surface area contributed by atoms with Gasteiger partial charge in [-0.05, 0) is 38.1 Å². The van der Waals surface area contributed by atoms with Crippen molar-refractivity contribution in [1.82, 2.24) is 0 Å². The Labute approximate surface area is 69.5 Å². The highest BCUT2D eigenvalue weighted by molar-refractivity contribution is 5.29. The van der Waals surface area contributed by atoms with E-state index in [4.69, 9.17) is 0 Å². The lowest BCUT2D eigenvalue weighted by Crippen LogP contribution is -1.81. The average Bonchev–Trinajstić information content (AvgIpc) is 2.05. The molecule has 0 rings (SSSR count). The minimum atomic E-state index is 1.08. The van der Waals surface area contributed by atoms with E-state index in [9.17, 15) is 0 Å². The Hall–Kier alpha value is -0.850. The van der Waals surface area contributed by atoms with Gasteiger partial charge < -0.3 is 0 Å². The Balaban J connectivity index is 4.37. The second-order valence-corrected chi connectivity index (χ2v) is 2.51. The average molecular weight is 151 g/mol. The van der Waals surface area contributed by atoms with Crippen LogP contribution in [0.15, 0.2) is 28.4 Å². The van der Waals surface area contributed by atoms with Crippen molar-refractivity contribution in [3.63, 3.8) is 0 Å². The van der Waals surface area contributed by atoms with Gasteiger partial charge in [0.05, 0.1) is 0 Å². The Morgan fingerprint density at radius 2 is 2.00 bits per heavy atom. The van der Waals surface area contributed by atoms with E-state index in [1.807, 2.05) is 6.08 Å². The van der Waals surface area contributed by atoms with Crippen molar-refractivity contribution >= 4 is 6.72 Å². The SMILES string of the molecule is C=N/C=C\C(CC)=C(/C)CC. The van der Waals surface area contributed by atoms with Crippen LogP contribution >= 0.6 is 0 Å². The van der Waals surface area contributed by atoms with Crippen molar-refractivity contribution in [2.75, 3.05) is 0 Å². The third-order valence-electron chi connectivity index (χ3n) is 1.84. The van der Waals surface area contributed by atoms with Crippen molar-refractivity contribution in [3.05, 3.63) is 23.4 Å². The number of hydrogen-bond acceptors (Lipinski definition) is 1. The first kappa shape index (κ1) is 10.2. The van der Waals surface area contributed by atoms with Gasteiger partial charge in [0.2, 0.25) is 0 Å². The molecule has 0 fully saturated rings. The zero-order chi connectivity index (χ0) is 8.69. The summed E-state index contributed by atoms with van der Waals surface area (Å²) in [6.07, 6.45) is 5.97. The van der Waals surface area contributed by atoms with Crippen molar-refractivity contribution in [2.45, 2.75) is 33.6 Å². The Kier molecular flexibility index (Phi) is 5.44. The fourth-order valence-corrected chi connectivity index (χ4v) is 0.932. The molecule has 0 saturated carbocycles. The van der Waals surface area contributed by atoms with Crippen molar-refractivity contribution < 1.29 is 0 Å². The molecule has 1 heteroatoms. The summed E-state index contributed by atoms with van der Waals surface area (Å²) in [4.78, 5) is 3.68. The quantitative estimate of drug-likeness (QED) is 0.431. The molecule has 0 spiro atoms. The zero-order valence-electron chi connectivity index (χ0n) is 7.72. The summed E-state index contributed by atoms with van der Waals surface area (Å²) in [7, 11) is 0. The van der Waals surface area contributed by atoms with E-state index in [0.717, 1.165) is 12.8 Å². The van der Waals surface area contributed by atoms with E-state index >= 15 is 0 Å². The van der Waals surface area contributed by atoms with Crippen LogP contribution in [0.2, 0.25) is 0 Å².